The van der Waals surface area contributed by atoms with E-state index in [1.807, 2.05) is 49.4 Å². The normalized spacial score (nSPS) is 10.7. The van der Waals surface area contributed by atoms with Gasteiger partial charge in [-0.1, -0.05) is 30.3 Å². The van der Waals surface area contributed by atoms with Crippen LogP contribution in [0.25, 0.3) is 10.9 Å². The minimum Gasteiger partial charge on any atom is -0.496 e. The monoisotopic (exact) mass is 308 g/mol. The summed E-state index contributed by atoms with van der Waals surface area (Å²) in [6.07, 6.45) is 0.678. The van der Waals surface area contributed by atoms with Crippen LogP contribution in [0.3, 0.4) is 0 Å². The van der Waals surface area contributed by atoms with Crippen molar-refractivity contribution in [2.45, 2.75) is 13.3 Å². The fourth-order valence-corrected chi connectivity index (χ4v) is 2.70. The van der Waals surface area contributed by atoms with Gasteiger partial charge in [-0.25, -0.2) is 4.98 Å². The molecule has 3 rings (SSSR count). The topological polar surface area (TPSA) is 57.4 Å². The zero-order valence-electron chi connectivity index (χ0n) is 13.4. The predicted molar refractivity (Wildman–Crippen MR) is 93.1 cm³/mol. The maximum atomic E-state index is 6.18. The average molecular weight is 308 g/mol. The molecule has 0 aliphatic rings. The van der Waals surface area contributed by atoms with Gasteiger partial charge in [0.25, 0.3) is 0 Å². The van der Waals surface area contributed by atoms with Crippen molar-refractivity contribution in [2.24, 2.45) is 0 Å². The molecule has 0 radical (unpaired) electrons. The molecule has 0 amide bonds. The molecule has 0 saturated heterocycles. The lowest BCUT2D eigenvalue weighted by Crippen LogP contribution is -2.02. The van der Waals surface area contributed by atoms with Crippen LogP contribution >= 0.6 is 0 Å². The largest absolute Gasteiger partial charge is 0.496 e. The molecule has 0 bridgehead atoms. The number of ether oxygens (including phenoxy) is 2. The van der Waals surface area contributed by atoms with Gasteiger partial charge in [-0.2, -0.15) is 0 Å². The highest BCUT2D eigenvalue weighted by molar-refractivity contribution is 5.86. The van der Waals surface area contributed by atoms with Gasteiger partial charge in [-0.15, -0.1) is 0 Å². The lowest BCUT2D eigenvalue weighted by atomic mass is 10.0. The summed E-state index contributed by atoms with van der Waals surface area (Å²) < 4.78 is 11.0. The number of nitrogens with two attached hydrogens (primary N) is 1. The first-order chi connectivity index (χ1) is 11.2. The van der Waals surface area contributed by atoms with Gasteiger partial charge in [0.2, 0.25) is 0 Å². The van der Waals surface area contributed by atoms with Gasteiger partial charge in [0, 0.05) is 11.8 Å². The van der Waals surface area contributed by atoms with Crippen LogP contribution in [-0.4, -0.2) is 18.7 Å². The second kappa shape index (κ2) is 6.57. The fourth-order valence-electron chi connectivity index (χ4n) is 2.70. The minimum atomic E-state index is 0.524. The first-order valence-electron chi connectivity index (χ1n) is 7.65. The highest BCUT2D eigenvalue weighted by atomic mass is 16.5. The number of methoxy groups -OCH3 is 1. The molecule has 2 aromatic carbocycles. The molecule has 1 heterocycles. The van der Waals surface area contributed by atoms with E-state index in [0.29, 0.717) is 18.8 Å². The van der Waals surface area contributed by atoms with E-state index in [-0.39, 0.29) is 0 Å². The number of fused-ring (bicyclic) bond motifs is 1. The van der Waals surface area contributed by atoms with E-state index in [1.165, 1.54) is 0 Å². The number of anilines is 1. The Kier molecular flexibility index (Phi) is 4.33. The lowest BCUT2D eigenvalue weighted by Gasteiger charge is -2.12. The van der Waals surface area contributed by atoms with Crippen molar-refractivity contribution in [3.05, 3.63) is 59.7 Å². The molecule has 0 atom stereocenters. The zero-order chi connectivity index (χ0) is 16.2. The SMILES string of the molecule is CCOc1cccc2cc(Cc3ccccc3OC)c(N)nc12. The summed E-state index contributed by atoms with van der Waals surface area (Å²) in [7, 11) is 1.68. The summed E-state index contributed by atoms with van der Waals surface area (Å²) in [6.45, 7) is 2.56. The van der Waals surface area contributed by atoms with E-state index < -0.39 is 0 Å². The third kappa shape index (κ3) is 3.06. The molecule has 0 fully saturated rings. The Morgan fingerprint density at radius 3 is 2.57 bits per heavy atom. The van der Waals surface area contributed by atoms with E-state index in [2.05, 4.69) is 11.1 Å². The van der Waals surface area contributed by atoms with E-state index in [0.717, 1.165) is 33.5 Å². The number of hydrogen-bond donors (Lipinski definition) is 1. The summed E-state index contributed by atoms with van der Waals surface area (Å²) in [5, 5.41) is 1.02. The Hall–Kier alpha value is -2.75. The first-order valence-corrected chi connectivity index (χ1v) is 7.65. The Labute approximate surface area is 135 Å². The highest BCUT2D eigenvalue weighted by Gasteiger charge is 2.11. The highest BCUT2D eigenvalue weighted by Crippen LogP contribution is 2.29. The number of rotatable bonds is 5. The third-order valence-electron chi connectivity index (χ3n) is 3.79. The van der Waals surface area contributed by atoms with Crippen LogP contribution in [0.2, 0.25) is 0 Å². The van der Waals surface area contributed by atoms with Gasteiger partial charge in [-0.05, 0) is 36.2 Å². The molecule has 0 saturated carbocycles. The quantitative estimate of drug-likeness (QED) is 0.778. The number of nitrogen functional groups attached to an aromatic ring is 1. The summed E-state index contributed by atoms with van der Waals surface area (Å²) in [5.74, 6) is 2.14. The van der Waals surface area contributed by atoms with Crippen LogP contribution in [0.1, 0.15) is 18.1 Å². The molecule has 23 heavy (non-hydrogen) atoms. The van der Waals surface area contributed by atoms with Crippen LogP contribution in [-0.2, 0) is 6.42 Å². The molecule has 0 spiro atoms. The molecular formula is C19H20N2O2. The second-order valence-corrected chi connectivity index (χ2v) is 5.28. The second-order valence-electron chi connectivity index (χ2n) is 5.28. The Morgan fingerprint density at radius 1 is 1.00 bits per heavy atom. The number of pyridine rings is 1. The molecule has 4 heteroatoms. The van der Waals surface area contributed by atoms with Crippen LogP contribution in [0.15, 0.2) is 48.5 Å². The van der Waals surface area contributed by atoms with Crippen molar-refractivity contribution < 1.29 is 9.47 Å². The maximum Gasteiger partial charge on any atom is 0.145 e. The first kappa shape index (κ1) is 15.2. The van der Waals surface area contributed by atoms with Gasteiger partial charge in [0.05, 0.1) is 13.7 Å². The number of aromatic nitrogens is 1. The van der Waals surface area contributed by atoms with E-state index in [1.54, 1.807) is 7.11 Å². The summed E-state index contributed by atoms with van der Waals surface area (Å²) >= 11 is 0. The molecule has 118 valence electrons. The number of para-hydroxylation sites is 2. The number of benzene rings is 2. The van der Waals surface area contributed by atoms with Crippen molar-refractivity contribution in [1.82, 2.24) is 4.98 Å². The smallest absolute Gasteiger partial charge is 0.145 e. The molecule has 4 nitrogen and oxygen atoms in total. The molecule has 0 aliphatic carbocycles. The average Bonchev–Trinajstić information content (AvgIpc) is 2.57. The van der Waals surface area contributed by atoms with E-state index in [9.17, 15) is 0 Å². The van der Waals surface area contributed by atoms with Crippen LogP contribution in [0.4, 0.5) is 5.82 Å². The number of nitrogens with zero attached hydrogens (tertiary/aromatic N) is 1. The fraction of sp³-hybridized carbons (Fsp3) is 0.211. The summed E-state index contributed by atoms with van der Waals surface area (Å²) in [5.41, 5.74) is 9.05. The van der Waals surface area contributed by atoms with E-state index >= 15 is 0 Å². The van der Waals surface area contributed by atoms with Gasteiger partial charge in [0.15, 0.2) is 0 Å². The van der Waals surface area contributed by atoms with Crippen molar-refractivity contribution >= 4 is 16.7 Å². The molecule has 0 unspecified atom stereocenters. The van der Waals surface area contributed by atoms with Gasteiger partial charge < -0.3 is 15.2 Å². The molecule has 1 aromatic heterocycles. The zero-order valence-corrected chi connectivity index (χ0v) is 13.4. The Balaban J connectivity index is 2.03. The van der Waals surface area contributed by atoms with Gasteiger partial charge in [-0.3, -0.25) is 0 Å². The predicted octanol–water partition coefficient (Wildman–Crippen LogP) is 3.82. The molecule has 0 aliphatic heterocycles. The minimum absolute atomic E-state index is 0.524. The molecule has 2 N–H and O–H groups in total. The van der Waals surface area contributed by atoms with Crippen LogP contribution in [0.5, 0.6) is 11.5 Å². The van der Waals surface area contributed by atoms with Crippen molar-refractivity contribution in [1.29, 1.82) is 0 Å². The van der Waals surface area contributed by atoms with Crippen LogP contribution in [0, 0.1) is 0 Å². The molecular weight excluding hydrogens is 288 g/mol. The van der Waals surface area contributed by atoms with Crippen molar-refractivity contribution in [3.8, 4) is 11.5 Å². The van der Waals surface area contributed by atoms with Gasteiger partial charge in [0.1, 0.15) is 22.8 Å². The Bertz CT molecular complexity index is 831. The summed E-state index contributed by atoms with van der Waals surface area (Å²) in [6, 6.07) is 15.9. The van der Waals surface area contributed by atoms with Crippen LogP contribution < -0.4 is 15.2 Å². The maximum absolute atomic E-state index is 6.18. The number of hydrogen-bond acceptors (Lipinski definition) is 4. The molecule has 3 aromatic rings. The van der Waals surface area contributed by atoms with Crippen molar-refractivity contribution in [3.63, 3.8) is 0 Å². The van der Waals surface area contributed by atoms with Crippen molar-refractivity contribution in [2.75, 3.05) is 19.5 Å². The van der Waals surface area contributed by atoms with E-state index in [4.69, 9.17) is 15.2 Å². The summed E-state index contributed by atoms with van der Waals surface area (Å²) in [4.78, 5) is 4.56. The third-order valence-corrected chi connectivity index (χ3v) is 3.79. The Morgan fingerprint density at radius 2 is 1.78 bits per heavy atom. The standard InChI is InChI=1S/C19H20N2O2/c1-3-23-17-10-6-8-14-12-15(19(20)21-18(14)17)11-13-7-4-5-9-16(13)22-2/h4-10,12H,3,11H2,1-2H3,(H2,20,21). The van der Waals surface area contributed by atoms with Gasteiger partial charge >= 0.3 is 0 Å². The lowest BCUT2D eigenvalue weighted by molar-refractivity contribution is 0.343.